The Morgan fingerprint density at radius 1 is 1.33 bits per heavy atom. The Morgan fingerprint density at radius 3 is 2.92 bits per heavy atom. The SMILES string of the molecule is Cc1ncccc1-c1ccsc1. The lowest BCUT2D eigenvalue weighted by Gasteiger charge is -1.99. The first-order valence-electron chi connectivity index (χ1n) is 3.82. The summed E-state index contributed by atoms with van der Waals surface area (Å²) in [5, 5.41) is 4.23. The fourth-order valence-electron chi connectivity index (χ4n) is 1.21. The average molecular weight is 175 g/mol. The second-order valence-electron chi connectivity index (χ2n) is 2.65. The Balaban J connectivity index is 2.55. The standard InChI is InChI=1S/C10H9NS/c1-8-10(3-2-5-11-8)9-4-6-12-7-9/h2-7H,1H3. The van der Waals surface area contributed by atoms with Gasteiger partial charge in [0, 0.05) is 17.5 Å². The van der Waals surface area contributed by atoms with E-state index in [9.17, 15) is 0 Å². The Morgan fingerprint density at radius 2 is 2.25 bits per heavy atom. The number of aryl methyl sites for hydroxylation is 1. The quantitative estimate of drug-likeness (QED) is 0.649. The van der Waals surface area contributed by atoms with Gasteiger partial charge in [0.1, 0.15) is 0 Å². The summed E-state index contributed by atoms with van der Waals surface area (Å²) < 4.78 is 0. The van der Waals surface area contributed by atoms with E-state index in [1.54, 1.807) is 11.3 Å². The molecule has 0 N–H and O–H groups in total. The Labute approximate surface area is 75.7 Å². The van der Waals surface area contributed by atoms with Gasteiger partial charge in [-0.25, -0.2) is 0 Å². The van der Waals surface area contributed by atoms with Crippen LogP contribution in [0.15, 0.2) is 35.2 Å². The van der Waals surface area contributed by atoms with Gasteiger partial charge in [-0.15, -0.1) is 0 Å². The van der Waals surface area contributed by atoms with Crippen LogP contribution in [-0.2, 0) is 0 Å². The molecule has 2 heterocycles. The zero-order valence-electron chi connectivity index (χ0n) is 6.82. The van der Waals surface area contributed by atoms with Crippen LogP contribution < -0.4 is 0 Å². The number of nitrogens with zero attached hydrogens (tertiary/aromatic N) is 1. The highest BCUT2D eigenvalue weighted by atomic mass is 32.1. The van der Waals surface area contributed by atoms with Crippen molar-refractivity contribution in [1.82, 2.24) is 4.98 Å². The summed E-state index contributed by atoms with van der Waals surface area (Å²) in [7, 11) is 0. The summed E-state index contributed by atoms with van der Waals surface area (Å²) in [5.41, 5.74) is 3.60. The minimum Gasteiger partial charge on any atom is -0.261 e. The average Bonchev–Trinajstić information content (AvgIpc) is 2.57. The van der Waals surface area contributed by atoms with Crippen LogP contribution >= 0.6 is 11.3 Å². The van der Waals surface area contributed by atoms with Crippen LogP contribution in [0.2, 0.25) is 0 Å². The molecule has 2 heteroatoms. The van der Waals surface area contributed by atoms with Crippen LogP contribution in [0.5, 0.6) is 0 Å². The fraction of sp³-hybridized carbons (Fsp3) is 0.100. The van der Waals surface area contributed by atoms with Gasteiger partial charge in [-0.3, -0.25) is 4.98 Å². The lowest BCUT2D eigenvalue weighted by atomic mass is 10.1. The summed E-state index contributed by atoms with van der Waals surface area (Å²) in [5.74, 6) is 0. The first-order chi connectivity index (χ1) is 5.88. The van der Waals surface area contributed by atoms with Crippen molar-refractivity contribution in [3.05, 3.63) is 40.8 Å². The molecule has 0 fully saturated rings. The molecule has 60 valence electrons. The van der Waals surface area contributed by atoms with Gasteiger partial charge < -0.3 is 0 Å². The van der Waals surface area contributed by atoms with E-state index < -0.39 is 0 Å². The molecular weight excluding hydrogens is 166 g/mol. The molecule has 0 spiro atoms. The fourth-order valence-corrected chi connectivity index (χ4v) is 1.86. The van der Waals surface area contributed by atoms with Crippen LogP contribution in [0.3, 0.4) is 0 Å². The van der Waals surface area contributed by atoms with Crippen molar-refractivity contribution in [1.29, 1.82) is 0 Å². The molecule has 0 aromatic carbocycles. The number of hydrogen-bond acceptors (Lipinski definition) is 2. The number of hydrogen-bond donors (Lipinski definition) is 0. The van der Waals surface area contributed by atoms with Crippen molar-refractivity contribution < 1.29 is 0 Å². The molecule has 0 aliphatic carbocycles. The molecule has 2 aromatic rings. The lowest BCUT2D eigenvalue weighted by Crippen LogP contribution is -1.83. The van der Waals surface area contributed by atoms with Crippen molar-refractivity contribution in [2.45, 2.75) is 6.92 Å². The maximum absolute atomic E-state index is 4.24. The van der Waals surface area contributed by atoms with Gasteiger partial charge in [0.15, 0.2) is 0 Å². The highest BCUT2D eigenvalue weighted by molar-refractivity contribution is 7.08. The topological polar surface area (TPSA) is 12.9 Å². The van der Waals surface area contributed by atoms with Crippen molar-refractivity contribution in [2.75, 3.05) is 0 Å². The molecule has 0 bridgehead atoms. The third-order valence-corrected chi connectivity index (χ3v) is 2.52. The third kappa shape index (κ3) is 1.25. The lowest BCUT2D eigenvalue weighted by molar-refractivity contribution is 1.21. The van der Waals surface area contributed by atoms with E-state index in [2.05, 4.69) is 27.9 Å². The third-order valence-electron chi connectivity index (χ3n) is 1.84. The van der Waals surface area contributed by atoms with Gasteiger partial charge in [-0.1, -0.05) is 6.07 Å². The van der Waals surface area contributed by atoms with Crippen molar-refractivity contribution >= 4 is 11.3 Å². The van der Waals surface area contributed by atoms with E-state index in [4.69, 9.17) is 0 Å². The van der Waals surface area contributed by atoms with Crippen molar-refractivity contribution in [3.63, 3.8) is 0 Å². The van der Waals surface area contributed by atoms with Crippen LogP contribution in [-0.4, -0.2) is 4.98 Å². The molecule has 0 aliphatic heterocycles. The first kappa shape index (κ1) is 7.50. The highest BCUT2D eigenvalue weighted by Crippen LogP contribution is 2.23. The zero-order valence-corrected chi connectivity index (χ0v) is 7.64. The van der Waals surface area contributed by atoms with Crippen LogP contribution in [0, 0.1) is 6.92 Å². The largest absolute Gasteiger partial charge is 0.261 e. The van der Waals surface area contributed by atoms with Gasteiger partial charge in [-0.2, -0.15) is 11.3 Å². The Bertz CT molecular complexity index is 365. The molecule has 2 aromatic heterocycles. The molecule has 0 amide bonds. The minimum absolute atomic E-state index is 1.09. The normalized spacial score (nSPS) is 10.1. The van der Waals surface area contributed by atoms with Crippen molar-refractivity contribution in [2.24, 2.45) is 0 Å². The maximum Gasteiger partial charge on any atom is 0.0451 e. The second-order valence-corrected chi connectivity index (χ2v) is 3.43. The molecule has 0 saturated carbocycles. The smallest absolute Gasteiger partial charge is 0.0451 e. The van der Waals surface area contributed by atoms with Gasteiger partial charge in [0.25, 0.3) is 0 Å². The highest BCUT2D eigenvalue weighted by Gasteiger charge is 2.00. The molecular formula is C10H9NS. The Hall–Kier alpha value is -1.15. The molecule has 0 radical (unpaired) electrons. The molecule has 1 nitrogen and oxygen atoms in total. The van der Waals surface area contributed by atoms with Crippen molar-refractivity contribution in [3.8, 4) is 11.1 Å². The van der Waals surface area contributed by atoms with Crippen LogP contribution in [0.4, 0.5) is 0 Å². The second kappa shape index (κ2) is 3.07. The predicted octanol–water partition coefficient (Wildman–Crippen LogP) is 3.12. The van der Waals surface area contributed by atoms with Crippen LogP contribution in [0.1, 0.15) is 5.69 Å². The minimum atomic E-state index is 1.09. The Kier molecular flexibility index (Phi) is 1.92. The summed E-state index contributed by atoms with van der Waals surface area (Å²) in [6.07, 6.45) is 1.82. The number of aromatic nitrogens is 1. The van der Waals surface area contributed by atoms with E-state index in [0.29, 0.717) is 0 Å². The van der Waals surface area contributed by atoms with Gasteiger partial charge in [-0.05, 0) is 35.4 Å². The van der Waals surface area contributed by atoms with E-state index in [-0.39, 0.29) is 0 Å². The summed E-state index contributed by atoms with van der Waals surface area (Å²) in [6.45, 7) is 2.03. The predicted molar refractivity (Wildman–Crippen MR) is 52.3 cm³/mol. The van der Waals surface area contributed by atoms with E-state index in [0.717, 1.165) is 5.69 Å². The van der Waals surface area contributed by atoms with E-state index in [1.165, 1.54) is 11.1 Å². The number of pyridine rings is 1. The zero-order chi connectivity index (χ0) is 8.39. The molecule has 0 saturated heterocycles. The summed E-state index contributed by atoms with van der Waals surface area (Å²) in [6, 6.07) is 6.19. The maximum atomic E-state index is 4.24. The van der Waals surface area contributed by atoms with E-state index >= 15 is 0 Å². The van der Waals surface area contributed by atoms with Gasteiger partial charge in [0.05, 0.1) is 0 Å². The molecule has 2 rings (SSSR count). The molecule has 12 heavy (non-hydrogen) atoms. The number of rotatable bonds is 1. The molecule has 0 aliphatic rings. The summed E-state index contributed by atoms with van der Waals surface area (Å²) >= 11 is 1.72. The first-order valence-corrected chi connectivity index (χ1v) is 4.76. The molecule has 0 unspecified atom stereocenters. The summed E-state index contributed by atoms with van der Waals surface area (Å²) in [4.78, 5) is 4.24. The van der Waals surface area contributed by atoms with E-state index in [1.807, 2.05) is 19.2 Å². The van der Waals surface area contributed by atoms with Gasteiger partial charge in [0.2, 0.25) is 0 Å². The monoisotopic (exact) mass is 175 g/mol. The van der Waals surface area contributed by atoms with Gasteiger partial charge >= 0.3 is 0 Å². The van der Waals surface area contributed by atoms with Crippen LogP contribution in [0.25, 0.3) is 11.1 Å². The number of thiophene rings is 1. The molecule has 0 atom stereocenters.